The van der Waals surface area contributed by atoms with E-state index in [0.717, 1.165) is 5.56 Å². The summed E-state index contributed by atoms with van der Waals surface area (Å²) in [6, 6.07) is 12.1. The van der Waals surface area contributed by atoms with Gasteiger partial charge in [0, 0.05) is 13.1 Å². The molecule has 1 fully saturated rings. The Morgan fingerprint density at radius 1 is 1.06 bits per heavy atom. The molecule has 0 atom stereocenters. The zero-order valence-electron chi connectivity index (χ0n) is 19.5. The summed E-state index contributed by atoms with van der Waals surface area (Å²) in [7, 11) is -3.73. The second-order valence-corrected chi connectivity index (χ2v) is 10.5. The Bertz CT molecular complexity index is 1120. The molecule has 0 bridgehead atoms. The quantitative estimate of drug-likeness (QED) is 0.427. The molecule has 1 aliphatic rings. The van der Waals surface area contributed by atoms with Gasteiger partial charge in [-0.15, -0.1) is 6.42 Å². The van der Waals surface area contributed by atoms with E-state index in [1.807, 2.05) is 36.9 Å². The average molecular weight is 470 g/mol. The van der Waals surface area contributed by atoms with Crippen LogP contribution in [-0.4, -0.2) is 51.3 Å². The number of piperidine rings is 1. The summed E-state index contributed by atoms with van der Waals surface area (Å²) in [5.41, 5.74) is 1.21. The van der Waals surface area contributed by atoms with Crippen LogP contribution < -0.4 is 4.74 Å². The summed E-state index contributed by atoms with van der Waals surface area (Å²) in [6.45, 7) is 7.56. The van der Waals surface area contributed by atoms with Crippen LogP contribution in [-0.2, 0) is 19.4 Å². The van der Waals surface area contributed by atoms with E-state index >= 15 is 0 Å². The minimum Gasteiger partial charge on any atom is -0.466 e. The van der Waals surface area contributed by atoms with Crippen LogP contribution in [0.2, 0.25) is 0 Å². The van der Waals surface area contributed by atoms with E-state index < -0.39 is 21.2 Å². The summed E-state index contributed by atoms with van der Waals surface area (Å²) in [6.07, 6.45) is 6.18. The van der Waals surface area contributed by atoms with Crippen molar-refractivity contribution in [2.24, 2.45) is 5.41 Å². The zero-order valence-corrected chi connectivity index (χ0v) is 20.3. The van der Waals surface area contributed by atoms with Crippen LogP contribution in [0.15, 0.2) is 47.4 Å². The maximum atomic E-state index is 13.3. The van der Waals surface area contributed by atoms with E-state index in [0.29, 0.717) is 44.0 Å². The lowest BCUT2D eigenvalue weighted by molar-refractivity contribution is -0.156. The molecule has 0 spiro atoms. The van der Waals surface area contributed by atoms with Gasteiger partial charge in [-0.2, -0.15) is 0 Å². The fourth-order valence-corrected chi connectivity index (χ4v) is 5.89. The maximum Gasteiger partial charge on any atom is 0.313 e. The van der Waals surface area contributed by atoms with E-state index in [9.17, 15) is 13.2 Å². The highest BCUT2D eigenvalue weighted by atomic mass is 32.2. The summed E-state index contributed by atoms with van der Waals surface area (Å²) in [5.74, 6) is 3.08. The molecule has 0 unspecified atom stereocenters. The Morgan fingerprint density at radius 3 is 2.27 bits per heavy atom. The Hall–Kier alpha value is -2.82. The standard InChI is InChI=1S/C26H31NO5S/c1-5-15-27-16-13-26(14-17-27,25(28)31-6-2)19-33(29,30)24-11-9-22(10-12-24)32-23-8-7-20(3)21(4)18-23/h1,7-12,18H,6,13-17,19H2,2-4H3. The van der Waals surface area contributed by atoms with Crippen LogP contribution in [0.25, 0.3) is 0 Å². The van der Waals surface area contributed by atoms with Gasteiger partial charge in [-0.1, -0.05) is 12.0 Å². The number of hydrogen-bond donors (Lipinski definition) is 0. The van der Waals surface area contributed by atoms with Crippen molar-refractivity contribution in [3.63, 3.8) is 0 Å². The van der Waals surface area contributed by atoms with Gasteiger partial charge in [0.05, 0.1) is 29.2 Å². The van der Waals surface area contributed by atoms with Gasteiger partial charge in [0.15, 0.2) is 9.84 Å². The van der Waals surface area contributed by atoms with Gasteiger partial charge in [0.1, 0.15) is 11.5 Å². The van der Waals surface area contributed by atoms with Gasteiger partial charge in [-0.25, -0.2) is 8.42 Å². The van der Waals surface area contributed by atoms with Crippen LogP contribution in [0, 0.1) is 31.6 Å². The van der Waals surface area contributed by atoms with E-state index in [-0.39, 0.29) is 17.3 Å². The van der Waals surface area contributed by atoms with E-state index in [1.54, 1.807) is 19.1 Å². The molecule has 3 rings (SSSR count). The lowest BCUT2D eigenvalue weighted by atomic mass is 9.80. The number of benzene rings is 2. The highest BCUT2D eigenvalue weighted by Crippen LogP contribution is 2.36. The number of likely N-dealkylation sites (tertiary alicyclic amines) is 1. The smallest absolute Gasteiger partial charge is 0.313 e. The van der Waals surface area contributed by atoms with Crippen LogP contribution in [0.3, 0.4) is 0 Å². The van der Waals surface area contributed by atoms with Crippen LogP contribution >= 0.6 is 0 Å². The highest BCUT2D eigenvalue weighted by Gasteiger charge is 2.46. The van der Waals surface area contributed by atoms with Crippen LogP contribution in [0.5, 0.6) is 11.5 Å². The topological polar surface area (TPSA) is 72.9 Å². The predicted molar refractivity (Wildman–Crippen MR) is 128 cm³/mol. The Labute approximate surface area is 196 Å². The van der Waals surface area contributed by atoms with Gasteiger partial charge in [0.25, 0.3) is 0 Å². The largest absolute Gasteiger partial charge is 0.466 e. The molecule has 1 saturated heterocycles. The van der Waals surface area contributed by atoms with Crippen molar-refractivity contribution >= 4 is 15.8 Å². The number of rotatable bonds is 8. The Morgan fingerprint density at radius 2 is 1.70 bits per heavy atom. The summed E-state index contributed by atoms with van der Waals surface area (Å²) < 4.78 is 37.7. The van der Waals surface area contributed by atoms with E-state index in [4.69, 9.17) is 15.9 Å². The molecule has 6 nitrogen and oxygen atoms in total. The Balaban J connectivity index is 1.77. The van der Waals surface area contributed by atoms with Gasteiger partial charge in [-0.05, 0) is 81.1 Å². The molecule has 0 aromatic heterocycles. The molecule has 0 saturated carbocycles. The summed E-state index contributed by atoms with van der Waals surface area (Å²) in [4.78, 5) is 15.0. The normalized spacial score (nSPS) is 16.1. The van der Waals surface area contributed by atoms with Gasteiger partial charge in [0.2, 0.25) is 0 Å². The SMILES string of the molecule is C#CCN1CCC(CS(=O)(=O)c2ccc(Oc3ccc(C)c(C)c3)cc2)(C(=O)OCC)CC1. The zero-order chi connectivity index (χ0) is 24.1. The number of terminal acetylenes is 1. The van der Waals surface area contributed by atoms with E-state index in [2.05, 4.69) is 5.92 Å². The number of esters is 1. The molecule has 2 aromatic carbocycles. The van der Waals surface area contributed by atoms with Crippen LogP contribution in [0.1, 0.15) is 30.9 Å². The summed E-state index contributed by atoms with van der Waals surface area (Å²) >= 11 is 0. The molecule has 1 aliphatic heterocycles. The van der Waals surface area contributed by atoms with E-state index in [1.165, 1.54) is 17.7 Å². The number of aryl methyl sites for hydroxylation is 2. The fourth-order valence-electron chi connectivity index (χ4n) is 4.04. The lowest BCUT2D eigenvalue weighted by Crippen LogP contribution is -2.48. The number of nitrogens with zero attached hydrogens (tertiary/aromatic N) is 1. The number of sulfone groups is 1. The third-order valence-corrected chi connectivity index (χ3v) is 8.12. The maximum absolute atomic E-state index is 13.3. The highest BCUT2D eigenvalue weighted by molar-refractivity contribution is 7.91. The van der Waals surface area contributed by atoms with Crippen molar-refractivity contribution in [3.8, 4) is 23.8 Å². The molecule has 0 N–H and O–H groups in total. The fraction of sp³-hybridized carbons (Fsp3) is 0.423. The monoisotopic (exact) mass is 469 g/mol. The molecule has 176 valence electrons. The number of carbonyl (C=O) groups excluding carboxylic acids is 1. The first-order valence-corrected chi connectivity index (χ1v) is 12.8. The predicted octanol–water partition coefficient (Wildman–Crippen LogP) is 4.15. The molecule has 1 heterocycles. The number of carbonyl (C=O) groups is 1. The molecule has 33 heavy (non-hydrogen) atoms. The Kier molecular flexibility index (Phi) is 7.83. The first-order chi connectivity index (χ1) is 15.7. The minimum absolute atomic E-state index is 0.157. The van der Waals surface area contributed by atoms with Gasteiger partial charge < -0.3 is 9.47 Å². The van der Waals surface area contributed by atoms with Crippen molar-refractivity contribution in [1.82, 2.24) is 4.90 Å². The van der Waals surface area contributed by atoms with Crippen molar-refractivity contribution in [1.29, 1.82) is 0 Å². The van der Waals surface area contributed by atoms with Crippen molar-refractivity contribution < 1.29 is 22.7 Å². The molecular formula is C26H31NO5S. The van der Waals surface area contributed by atoms with Gasteiger partial charge >= 0.3 is 5.97 Å². The molecule has 0 radical (unpaired) electrons. The molecule has 7 heteroatoms. The first kappa shape index (κ1) is 24.8. The first-order valence-electron chi connectivity index (χ1n) is 11.1. The average Bonchev–Trinajstić information content (AvgIpc) is 2.78. The van der Waals surface area contributed by atoms with Crippen molar-refractivity contribution in [2.45, 2.75) is 38.5 Å². The lowest BCUT2D eigenvalue weighted by Gasteiger charge is -2.39. The molecular weight excluding hydrogens is 438 g/mol. The third kappa shape index (κ3) is 5.95. The molecule has 0 aliphatic carbocycles. The second kappa shape index (κ2) is 10.4. The third-order valence-electron chi connectivity index (χ3n) is 6.20. The molecule has 2 aromatic rings. The molecule has 0 amide bonds. The summed E-state index contributed by atoms with van der Waals surface area (Å²) in [5, 5.41) is 0. The van der Waals surface area contributed by atoms with Gasteiger partial charge in [-0.3, -0.25) is 9.69 Å². The van der Waals surface area contributed by atoms with Crippen LogP contribution in [0.4, 0.5) is 0 Å². The van der Waals surface area contributed by atoms with Crippen molar-refractivity contribution in [2.75, 3.05) is 32.0 Å². The number of ether oxygens (including phenoxy) is 2. The minimum atomic E-state index is -3.73. The van der Waals surface area contributed by atoms with Crippen molar-refractivity contribution in [3.05, 3.63) is 53.6 Å². The second-order valence-electron chi connectivity index (χ2n) is 8.56. The number of hydrogen-bond acceptors (Lipinski definition) is 6.